The van der Waals surface area contributed by atoms with E-state index >= 15 is 0 Å². The number of hydrogen-bond acceptors (Lipinski definition) is 7. The molecule has 3 fully saturated rings. The fourth-order valence-corrected chi connectivity index (χ4v) is 7.97. The van der Waals surface area contributed by atoms with Crippen molar-refractivity contribution >= 4 is 39.6 Å². The Morgan fingerprint density at radius 1 is 1.27 bits per heavy atom. The number of esters is 1. The van der Waals surface area contributed by atoms with E-state index in [9.17, 15) is 24.3 Å². The molecule has 3 heterocycles. The summed E-state index contributed by atoms with van der Waals surface area (Å²) in [5.41, 5.74) is -0.574. The molecule has 1 aromatic rings. The Bertz CT molecular complexity index is 1230. The van der Waals surface area contributed by atoms with Crippen LogP contribution in [0, 0.1) is 11.8 Å². The second-order valence-electron chi connectivity index (χ2n) is 11.8. The van der Waals surface area contributed by atoms with Crippen molar-refractivity contribution in [1.29, 1.82) is 0 Å². The molecule has 2 unspecified atom stereocenters. The molecular formula is C33H44BrN3O7. The van der Waals surface area contributed by atoms with Crippen molar-refractivity contribution in [3.05, 3.63) is 61.2 Å². The number of β-amino-alcohol motifs (C(OH)–C–C–N with tert-alkyl or cyclic N) is 1. The lowest BCUT2D eigenvalue weighted by Gasteiger charge is -2.39. The number of aliphatic hydroxyl groups is 1. The van der Waals surface area contributed by atoms with Gasteiger partial charge in [-0.2, -0.15) is 0 Å². The Morgan fingerprint density at radius 3 is 2.64 bits per heavy atom. The summed E-state index contributed by atoms with van der Waals surface area (Å²) >= 11 is 3.68. The Balaban J connectivity index is 1.65. The predicted octanol–water partition coefficient (Wildman–Crippen LogP) is 3.30. The Hall–Kier alpha value is -3.02. The molecule has 8 atom stereocenters. The molecule has 3 saturated heterocycles. The minimum absolute atomic E-state index is 0.0506. The minimum Gasteiger partial charge on any atom is -0.455 e. The van der Waals surface area contributed by atoms with Gasteiger partial charge in [0.15, 0.2) is 0 Å². The van der Waals surface area contributed by atoms with Gasteiger partial charge >= 0.3 is 5.97 Å². The number of alkyl halides is 1. The van der Waals surface area contributed by atoms with Crippen LogP contribution in [-0.2, 0) is 28.7 Å². The van der Waals surface area contributed by atoms with Crippen molar-refractivity contribution in [2.45, 2.75) is 80.7 Å². The first-order valence-corrected chi connectivity index (χ1v) is 16.3. The first kappa shape index (κ1) is 33.9. The predicted molar refractivity (Wildman–Crippen MR) is 168 cm³/mol. The van der Waals surface area contributed by atoms with Gasteiger partial charge in [-0.25, -0.2) is 0 Å². The van der Waals surface area contributed by atoms with E-state index in [-0.39, 0.29) is 48.8 Å². The van der Waals surface area contributed by atoms with Crippen molar-refractivity contribution in [3.8, 4) is 0 Å². The molecule has 3 aliphatic heterocycles. The van der Waals surface area contributed by atoms with Gasteiger partial charge in [-0.3, -0.25) is 19.2 Å². The third kappa shape index (κ3) is 6.50. The number of nitrogens with one attached hydrogen (secondary N) is 1. The molecule has 0 saturated carbocycles. The first-order valence-electron chi connectivity index (χ1n) is 15.4. The lowest BCUT2D eigenvalue weighted by atomic mass is 9.70. The molecule has 3 aliphatic rings. The number of hydrogen-bond donors (Lipinski definition) is 2. The number of allylic oxidation sites excluding steroid dienone is 1. The number of nitrogens with zero attached hydrogens (tertiary/aromatic N) is 2. The number of rotatable bonds is 16. The highest BCUT2D eigenvalue weighted by Gasteiger charge is 2.77. The first-order chi connectivity index (χ1) is 21.1. The van der Waals surface area contributed by atoms with E-state index < -0.39 is 47.6 Å². The van der Waals surface area contributed by atoms with Crippen molar-refractivity contribution < 1.29 is 33.8 Å². The second-order valence-corrected chi connectivity index (χ2v) is 13.0. The summed E-state index contributed by atoms with van der Waals surface area (Å²) in [7, 11) is 0. The van der Waals surface area contributed by atoms with Gasteiger partial charge in [0, 0.05) is 30.4 Å². The van der Waals surface area contributed by atoms with E-state index in [1.165, 1.54) is 4.90 Å². The van der Waals surface area contributed by atoms with Crippen molar-refractivity contribution in [3.63, 3.8) is 0 Å². The third-order valence-electron chi connectivity index (χ3n) is 8.97. The molecule has 44 heavy (non-hydrogen) atoms. The highest BCUT2D eigenvalue weighted by Crippen LogP contribution is 2.60. The summed E-state index contributed by atoms with van der Waals surface area (Å²) < 4.78 is 12.6. The number of fused-ring (bicyclic) bond motifs is 1. The lowest BCUT2D eigenvalue weighted by molar-refractivity contribution is -0.160. The van der Waals surface area contributed by atoms with E-state index in [1.54, 1.807) is 17.1 Å². The van der Waals surface area contributed by atoms with Gasteiger partial charge in [-0.05, 0) is 31.7 Å². The van der Waals surface area contributed by atoms with E-state index in [1.807, 2.05) is 44.2 Å². The molecule has 240 valence electrons. The molecule has 2 N–H and O–H groups in total. The molecule has 2 bridgehead atoms. The fourth-order valence-electron chi connectivity index (χ4n) is 7.03. The summed E-state index contributed by atoms with van der Waals surface area (Å²) in [4.78, 5) is 57.6. The summed E-state index contributed by atoms with van der Waals surface area (Å²) in [6, 6.07) is 7.97. The summed E-state index contributed by atoms with van der Waals surface area (Å²) in [5.74, 6) is -3.46. The van der Waals surface area contributed by atoms with Gasteiger partial charge in [0.2, 0.25) is 17.7 Å². The molecule has 1 spiro atoms. The van der Waals surface area contributed by atoms with E-state index in [0.717, 1.165) is 12.8 Å². The maximum atomic E-state index is 14.3. The average molecular weight is 675 g/mol. The van der Waals surface area contributed by atoms with Crippen LogP contribution < -0.4 is 5.32 Å². The zero-order valence-electron chi connectivity index (χ0n) is 25.5. The molecule has 11 heteroatoms. The monoisotopic (exact) mass is 673 g/mol. The van der Waals surface area contributed by atoms with Crippen LogP contribution in [0.3, 0.4) is 0 Å². The molecule has 3 amide bonds. The lowest BCUT2D eigenvalue weighted by Crippen LogP contribution is -2.58. The van der Waals surface area contributed by atoms with E-state index in [0.29, 0.717) is 24.9 Å². The maximum Gasteiger partial charge on any atom is 0.313 e. The minimum atomic E-state index is -1.27. The van der Waals surface area contributed by atoms with Crippen LogP contribution in [0.4, 0.5) is 0 Å². The van der Waals surface area contributed by atoms with Crippen LogP contribution in [0.5, 0.6) is 0 Å². The number of carbonyl (C=O) groups is 4. The van der Waals surface area contributed by atoms with Crippen LogP contribution in [0.25, 0.3) is 0 Å². The van der Waals surface area contributed by atoms with Crippen LogP contribution in [0.15, 0.2) is 55.6 Å². The van der Waals surface area contributed by atoms with E-state index in [2.05, 4.69) is 34.4 Å². The van der Waals surface area contributed by atoms with Gasteiger partial charge < -0.3 is 29.7 Å². The van der Waals surface area contributed by atoms with Gasteiger partial charge in [0.05, 0.1) is 31.1 Å². The second kappa shape index (κ2) is 14.8. The van der Waals surface area contributed by atoms with Crippen molar-refractivity contribution in [2.24, 2.45) is 11.8 Å². The standard InChI is InChI=1S/C33H44BrN3O7/c1-5-8-15-25(39)35-20-24(22-13-10-9-11-14-22)43-32(42)26-27-30(40)37(17-18-38)29(33(27)19-23(34)28(26)44-33)31(41)36(16-7-3)21(4)12-6-2/h5,7,9-11,13-14,21,23-24,26-29,38H,1,3,6,8,12,15-20H2,2,4H3,(H,35,39)/t21?,23?,24-,26-,27+,28-,29-,33+/m0/s1. The number of amides is 3. The molecule has 4 rings (SSSR count). The normalized spacial score (nSPS) is 28.2. The van der Waals surface area contributed by atoms with Crippen LogP contribution in [-0.4, -0.2) is 93.5 Å². The van der Waals surface area contributed by atoms with Gasteiger partial charge in [-0.1, -0.05) is 71.8 Å². The van der Waals surface area contributed by atoms with Crippen molar-refractivity contribution in [2.75, 3.05) is 26.2 Å². The number of likely N-dealkylation sites (tertiary alicyclic amines) is 1. The van der Waals surface area contributed by atoms with Gasteiger partial charge in [0.25, 0.3) is 0 Å². The molecule has 0 aromatic heterocycles. The number of halogens is 1. The number of aliphatic hydroxyl groups excluding tert-OH is 1. The number of benzene rings is 1. The zero-order chi connectivity index (χ0) is 32.0. The Morgan fingerprint density at radius 2 is 2.00 bits per heavy atom. The maximum absolute atomic E-state index is 14.3. The molecular weight excluding hydrogens is 630 g/mol. The number of ether oxygens (including phenoxy) is 2. The third-order valence-corrected chi connectivity index (χ3v) is 9.82. The number of carbonyl (C=O) groups excluding carboxylic acids is 4. The quantitative estimate of drug-likeness (QED) is 0.157. The molecule has 0 radical (unpaired) electrons. The SMILES string of the molecule is C=CCCC(=O)NC[C@H](OC(=O)[C@@H]1[C@H]2O[C@@]3(CC2Br)[C@H](C(=O)N(CC=C)C(C)CCC)N(CCO)C(=O)[C@@H]13)c1ccccc1. The molecule has 1 aromatic carbocycles. The van der Waals surface area contributed by atoms with Crippen LogP contribution in [0.1, 0.15) is 57.6 Å². The summed E-state index contributed by atoms with van der Waals surface area (Å²) in [5, 5.41) is 12.8. The highest BCUT2D eigenvalue weighted by molar-refractivity contribution is 9.09. The van der Waals surface area contributed by atoms with Gasteiger partial charge in [0.1, 0.15) is 17.7 Å². The largest absolute Gasteiger partial charge is 0.455 e. The zero-order valence-corrected chi connectivity index (χ0v) is 27.1. The van der Waals surface area contributed by atoms with Crippen LogP contribution in [0.2, 0.25) is 0 Å². The average Bonchev–Trinajstić information content (AvgIpc) is 3.60. The Labute approximate surface area is 267 Å². The smallest absolute Gasteiger partial charge is 0.313 e. The topological polar surface area (TPSA) is 125 Å². The Kier molecular flexibility index (Phi) is 11.4. The highest BCUT2D eigenvalue weighted by atomic mass is 79.9. The fraction of sp³-hybridized carbons (Fsp3) is 0.576. The summed E-state index contributed by atoms with van der Waals surface area (Å²) in [6.45, 7) is 11.4. The van der Waals surface area contributed by atoms with Gasteiger partial charge in [-0.15, -0.1) is 13.2 Å². The molecule has 10 nitrogen and oxygen atoms in total. The van der Waals surface area contributed by atoms with Crippen molar-refractivity contribution in [1.82, 2.24) is 15.1 Å². The summed E-state index contributed by atoms with van der Waals surface area (Å²) in [6.07, 6.45) is 4.59. The van der Waals surface area contributed by atoms with Crippen LogP contribution >= 0.6 is 15.9 Å². The van der Waals surface area contributed by atoms with E-state index in [4.69, 9.17) is 9.47 Å². The molecule has 0 aliphatic carbocycles.